The number of aromatic carboxylic acids is 1. The van der Waals surface area contributed by atoms with Gasteiger partial charge in [-0.05, 0) is 49.6 Å². The molecule has 0 bridgehead atoms. The average molecular weight is 313 g/mol. The summed E-state index contributed by atoms with van der Waals surface area (Å²) in [6.07, 6.45) is 1.45. The van der Waals surface area contributed by atoms with E-state index in [9.17, 15) is 9.90 Å². The summed E-state index contributed by atoms with van der Waals surface area (Å²) >= 11 is 1.17. The molecule has 0 aliphatic rings. The maximum absolute atomic E-state index is 11.3. The van der Waals surface area contributed by atoms with Gasteiger partial charge in [-0.2, -0.15) is 0 Å². The third-order valence-electron chi connectivity index (χ3n) is 3.69. The summed E-state index contributed by atoms with van der Waals surface area (Å²) in [5.41, 5.74) is 4.02. The summed E-state index contributed by atoms with van der Waals surface area (Å²) in [6.45, 7) is 5.90. The van der Waals surface area contributed by atoms with E-state index in [0.717, 1.165) is 11.1 Å². The van der Waals surface area contributed by atoms with Crippen LogP contribution in [0.3, 0.4) is 0 Å². The van der Waals surface area contributed by atoms with Gasteiger partial charge in [-0.25, -0.2) is 14.8 Å². The van der Waals surface area contributed by atoms with E-state index in [0.29, 0.717) is 21.1 Å². The number of nitrogens with zero attached hydrogens (tertiary/aromatic N) is 2. The number of nitrogens with one attached hydrogen (secondary N) is 1. The van der Waals surface area contributed by atoms with Crippen molar-refractivity contribution in [2.75, 3.05) is 5.32 Å². The lowest BCUT2D eigenvalue weighted by Gasteiger charge is -2.09. The van der Waals surface area contributed by atoms with Crippen LogP contribution in [0.5, 0.6) is 0 Å². The first-order valence-corrected chi connectivity index (χ1v) is 7.60. The molecule has 5 nitrogen and oxygen atoms in total. The van der Waals surface area contributed by atoms with Gasteiger partial charge in [-0.15, -0.1) is 11.3 Å². The fourth-order valence-electron chi connectivity index (χ4n) is 2.33. The van der Waals surface area contributed by atoms with Gasteiger partial charge in [0.25, 0.3) is 0 Å². The van der Waals surface area contributed by atoms with Crippen LogP contribution in [-0.4, -0.2) is 21.0 Å². The fraction of sp³-hybridized carbons (Fsp3) is 0.188. The number of carbonyl (C=O) groups is 1. The molecular formula is C16H15N3O2S. The third kappa shape index (κ3) is 2.42. The van der Waals surface area contributed by atoms with E-state index in [1.165, 1.54) is 28.8 Å². The highest BCUT2D eigenvalue weighted by Crippen LogP contribution is 2.34. The molecule has 0 amide bonds. The molecule has 3 rings (SSSR count). The Kier molecular flexibility index (Phi) is 3.54. The number of aryl methyl sites for hydroxylation is 3. The number of thiophene rings is 1. The second-order valence-corrected chi connectivity index (χ2v) is 6.19. The van der Waals surface area contributed by atoms with E-state index in [2.05, 4.69) is 29.1 Å². The first kappa shape index (κ1) is 14.5. The van der Waals surface area contributed by atoms with Gasteiger partial charge in [0.1, 0.15) is 21.9 Å². The molecule has 1 aromatic carbocycles. The molecule has 0 fully saturated rings. The number of benzene rings is 1. The van der Waals surface area contributed by atoms with Crippen LogP contribution in [-0.2, 0) is 0 Å². The summed E-state index contributed by atoms with van der Waals surface area (Å²) in [6, 6.07) is 6.07. The number of hydrogen-bond donors (Lipinski definition) is 2. The van der Waals surface area contributed by atoms with Crippen LogP contribution in [0.4, 0.5) is 11.5 Å². The molecule has 22 heavy (non-hydrogen) atoms. The van der Waals surface area contributed by atoms with E-state index in [4.69, 9.17) is 0 Å². The number of anilines is 2. The Morgan fingerprint density at radius 2 is 1.95 bits per heavy atom. The summed E-state index contributed by atoms with van der Waals surface area (Å²) < 4.78 is 0. The van der Waals surface area contributed by atoms with Crippen LogP contribution in [0.25, 0.3) is 10.2 Å². The van der Waals surface area contributed by atoms with Gasteiger partial charge in [0, 0.05) is 5.69 Å². The molecule has 2 N–H and O–H groups in total. The number of rotatable bonds is 3. The van der Waals surface area contributed by atoms with Gasteiger partial charge >= 0.3 is 5.97 Å². The molecule has 0 saturated heterocycles. The third-order valence-corrected chi connectivity index (χ3v) is 4.88. The highest BCUT2D eigenvalue weighted by molar-refractivity contribution is 7.20. The molecule has 0 aliphatic carbocycles. The predicted molar refractivity (Wildman–Crippen MR) is 88.3 cm³/mol. The molecule has 2 heterocycles. The Morgan fingerprint density at radius 1 is 1.18 bits per heavy atom. The van der Waals surface area contributed by atoms with Gasteiger partial charge in [-0.1, -0.05) is 6.07 Å². The molecular weight excluding hydrogens is 298 g/mol. The minimum atomic E-state index is -0.933. The lowest BCUT2D eigenvalue weighted by molar-refractivity contribution is 0.0701. The maximum atomic E-state index is 11.3. The van der Waals surface area contributed by atoms with Crippen LogP contribution >= 0.6 is 11.3 Å². The van der Waals surface area contributed by atoms with Crippen molar-refractivity contribution in [2.24, 2.45) is 0 Å². The van der Waals surface area contributed by atoms with E-state index in [-0.39, 0.29) is 0 Å². The molecule has 112 valence electrons. The van der Waals surface area contributed by atoms with Crippen molar-refractivity contribution in [1.29, 1.82) is 0 Å². The lowest BCUT2D eigenvalue weighted by Crippen LogP contribution is -1.97. The highest BCUT2D eigenvalue weighted by Gasteiger charge is 2.18. The molecule has 6 heteroatoms. The van der Waals surface area contributed by atoms with E-state index in [1.807, 2.05) is 18.2 Å². The van der Waals surface area contributed by atoms with Gasteiger partial charge < -0.3 is 10.4 Å². The van der Waals surface area contributed by atoms with E-state index < -0.39 is 5.97 Å². The van der Waals surface area contributed by atoms with Crippen LogP contribution in [0.2, 0.25) is 0 Å². The molecule has 0 spiro atoms. The van der Waals surface area contributed by atoms with E-state index >= 15 is 0 Å². The monoisotopic (exact) mass is 313 g/mol. The summed E-state index contributed by atoms with van der Waals surface area (Å²) in [4.78, 5) is 20.7. The van der Waals surface area contributed by atoms with Crippen LogP contribution in [0.1, 0.15) is 26.4 Å². The van der Waals surface area contributed by atoms with Crippen LogP contribution < -0.4 is 5.32 Å². The topological polar surface area (TPSA) is 75.1 Å². The number of hydrogen-bond acceptors (Lipinski definition) is 5. The minimum Gasteiger partial charge on any atom is -0.477 e. The Labute approximate surface area is 131 Å². The maximum Gasteiger partial charge on any atom is 0.346 e. The normalized spacial score (nSPS) is 10.9. The van der Waals surface area contributed by atoms with Gasteiger partial charge in [0.05, 0.1) is 5.39 Å². The zero-order valence-electron chi connectivity index (χ0n) is 12.5. The molecule has 0 radical (unpaired) electrons. The van der Waals surface area contributed by atoms with Crippen LogP contribution in [0.15, 0.2) is 24.5 Å². The summed E-state index contributed by atoms with van der Waals surface area (Å²) in [5.74, 6) is -0.299. The number of aromatic nitrogens is 2. The standard InChI is InChI=1S/C16H15N3O2S/c1-8-4-5-11(6-9(8)2)19-14-12-10(3)13(16(20)21)22-15(12)18-7-17-14/h4-7H,1-3H3,(H,20,21)(H,17,18,19). The van der Waals surface area contributed by atoms with Crippen LogP contribution in [0, 0.1) is 20.8 Å². The molecule has 0 unspecified atom stereocenters. The van der Waals surface area contributed by atoms with Crippen molar-refractivity contribution in [2.45, 2.75) is 20.8 Å². The quantitative estimate of drug-likeness (QED) is 0.762. The van der Waals surface area contributed by atoms with Crippen molar-refractivity contribution in [3.05, 3.63) is 46.1 Å². The molecule has 3 aromatic rings. The zero-order valence-corrected chi connectivity index (χ0v) is 13.3. The predicted octanol–water partition coefficient (Wildman–Crippen LogP) is 4.06. The van der Waals surface area contributed by atoms with Crippen molar-refractivity contribution in [1.82, 2.24) is 9.97 Å². The molecule has 0 atom stereocenters. The summed E-state index contributed by atoms with van der Waals surface area (Å²) in [7, 11) is 0. The average Bonchev–Trinajstić information content (AvgIpc) is 2.81. The zero-order chi connectivity index (χ0) is 15.9. The largest absolute Gasteiger partial charge is 0.477 e. The van der Waals surface area contributed by atoms with E-state index in [1.54, 1.807) is 6.92 Å². The Bertz CT molecular complexity index is 886. The molecule has 2 aromatic heterocycles. The Balaban J connectivity index is 2.10. The first-order chi connectivity index (χ1) is 10.5. The number of carboxylic acid groups (broad SMARTS) is 1. The van der Waals surface area contributed by atoms with Crippen molar-refractivity contribution in [3.63, 3.8) is 0 Å². The Morgan fingerprint density at radius 3 is 2.64 bits per heavy atom. The SMILES string of the molecule is Cc1ccc(Nc2ncnc3sc(C(=O)O)c(C)c23)cc1C. The minimum absolute atomic E-state index is 0.304. The lowest BCUT2D eigenvalue weighted by atomic mass is 10.1. The first-order valence-electron chi connectivity index (χ1n) is 6.79. The molecule has 0 saturated carbocycles. The second-order valence-electron chi connectivity index (χ2n) is 5.19. The van der Waals surface area contributed by atoms with Crippen molar-refractivity contribution in [3.8, 4) is 0 Å². The van der Waals surface area contributed by atoms with Gasteiger partial charge in [0.15, 0.2) is 0 Å². The second kappa shape index (κ2) is 5.38. The number of carboxylic acids is 1. The fourth-order valence-corrected chi connectivity index (χ4v) is 3.31. The van der Waals surface area contributed by atoms with Gasteiger partial charge in [0.2, 0.25) is 0 Å². The molecule has 0 aliphatic heterocycles. The highest BCUT2D eigenvalue weighted by atomic mass is 32.1. The van der Waals surface area contributed by atoms with Crippen molar-refractivity contribution < 1.29 is 9.90 Å². The smallest absolute Gasteiger partial charge is 0.346 e. The van der Waals surface area contributed by atoms with Gasteiger partial charge in [-0.3, -0.25) is 0 Å². The Hall–Kier alpha value is -2.47. The van der Waals surface area contributed by atoms with Crippen molar-refractivity contribution >= 4 is 39.0 Å². The summed E-state index contributed by atoms with van der Waals surface area (Å²) in [5, 5.41) is 13.3. The number of fused-ring (bicyclic) bond motifs is 1.